The summed E-state index contributed by atoms with van der Waals surface area (Å²) < 4.78 is 0. The number of carbonyl (C=O) groups is 1. The van der Waals surface area contributed by atoms with Crippen molar-refractivity contribution in [3.05, 3.63) is 71.0 Å². The first kappa shape index (κ1) is 15.4. The van der Waals surface area contributed by atoms with E-state index in [1.54, 1.807) is 0 Å². The molecule has 0 atom stereocenters. The molecule has 2 aromatic carbocycles. The van der Waals surface area contributed by atoms with Gasteiger partial charge in [0.15, 0.2) is 0 Å². The van der Waals surface area contributed by atoms with E-state index in [0.717, 1.165) is 38.8 Å². The molecule has 0 radical (unpaired) electrons. The molecular weight excluding hydrogens is 310 g/mol. The van der Waals surface area contributed by atoms with Gasteiger partial charge < -0.3 is 10.3 Å². The van der Waals surface area contributed by atoms with Crippen molar-refractivity contribution in [2.24, 2.45) is 0 Å². The summed E-state index contributed by atoms with van der Waals surface area (Å²) in [6.07, 6.45) is 0. The summed E-state index contributed by atoms with van der Waals surface area (Å²) in [5, 5.41) is 5.10. The fraction of sp³-hybridized carbons (Fsp3) is 0.143. The first-order valence-corrected chi connectivity index (χ1v) is 8.29. The van der Waals surface area contributed by atoms with Crippen molar-refractivity contribution >= 4 is 33.4 Å². The largest absolute Gasteiger partial charge is 0.353 e. The Morgan fingerprint density at radius 1 is 1.00 bits per heavy atom. The van der Waals surface area contributed by atoms with Gasteiger partial charge in [-0.3, -0.25) is 4.79 Å². The van der Waals surface area contributed by atoms with Crippen molar-refractivity contribution in [2.45, 2.75) is 20.8 Å². The van der Waals surface area contributed by atoms with Gasteiger partial charge in [-0.25, -0.2) is 4.98 Å². The van der Waals surface area contributed by atoms with Gasteiger partial charge in [0.05, 0.1) is 11.2 Å². The predicted molar refractivity (Wildman–Crippen MR) is 102 cm³/mol. The Hall–Kier alpha value is -3.14. The van der Waals surface area contributed by atoms with Crippen molar-refractivity contribution in [1.82, 2.24) is 9.97 Å². The lowest BCUT2D eigenvalue weighted by Gasteiger charge is -2.09. The van der Waals surface area contributed by atoms with Crippen molar-refractivity contribution in [3.8, 4) is 0 Å². The van der Waals surface area contributed by atoms with E-state index in [4.69, 9.17) is 0 Å². The number of H-pyrrole nitrogens is 1. The fourth-order valence-electron chi connectivity index (χ4n) is 3.26. The topological polar surface area (TPSA) is 57.8 Å². The first-order chi connectivity index (χ1) is 12.0. The number of nitrogens with one attached hydrogen (secondary N) is 2. The number of nitrogens with zero attached hydrogens (tertiary/aromatic N) is 1. The van der Waals surface area contributed by atoms with Crippen molar-refractivity contribution in [3.63, 3.8) is 0 Å². The van der Waals surface area contributed by atoms with Crippen LogP contribution in [0, 0.1) is 20.8 Å². The number of hydrogen-bond donors (Lipinski definition) is 2. The Morgan fingerprint density at radius 3 is 2.60 bits per heavy atom. The standard InChI is InChI=1S/C21H19N3O/c1-12-8-9-17(13(2)10-12)24-21(25)19-11-16-15-6-4-5-7-18(15)23-20(16)14(3)22-19/h4-11,23H,1-3H3,(H,24,25). The van der Waals surface area contributed by atoms with Crippen LogP contribution in [0.1, 0.15) is 27.3 Å². The quantitative estimate of drug-likeness (QED) is 0.550. The highest BCUT2D eigenvalue weighted by atomic mass is 16.1. The van der Waals surface area contributed by atoms with Crippen LogP contribution in [-0.4, -0.2) is 15.9 Å². The third kappa shape index (κ3) is 2.66. The molecule has 0 aliphatic heterocycles. The van der Waals surface area contributed by atoms with Crippen LogP contribution < -0.4 is 5.32 Å². The molecule has 124 valence electrons. The highest BCUT2D eigenvalue weighted by Gasteiger charge is 2.14. The Balaban J connectivity index is 1.78. The number of anilines is 1. The molecule has 0 fully saturated rings. The maximum Gasteiger partial charge on any atom is 0.274 e. The monoisotopic (exact) mass is 329 g/mol. The molecule has 4 aromatic rings. The molecule has 0 bridgehead atoms. The fourth-order valence-corrected chi connectivity index (χ4v) is 3.26. The van der Waals surface area contributed by atoms with Crippen LogP contribution in [0.25, 0.3) is 21.8 Å². The molecule has 2 heterocycles. The van der Waals surface area contributed by atoms with Crippen molar-refractivity contribution in [2.75, 3.05) is 5.32 Å². The van der Waals surface area contributed by atoms with Crippen molar-refractivity contribution in [1.29, 1.82) is 0 Å². The van der Waals surface area contributed by atoms with E-state index in [9.17, 15) is 4.79 Å². The minimum atomic E-state index is -0.192. The Kier molecular flexibility index (Phi) is 3.53. The molecule has 0 unspecified atom stereocenters. The highest BCUT2D eigenvalue weighted by molar-refractivity contribution is 6.11. The highest BCUT2D eigenvalue weighted by Crippen LogP contribution is 2.27. The number of rotatable bonds is 2. The van der Waals surface area contributed by atoms with Crippen LogP contribution in [0.4, 0.5) is 5.69 Å². The molecule has 25 heavy (non-hydrogen) atoms. The second-order valence-electron chi connectivity index (χ2n) is 6.46. The zero-order valence-corrected chi connectivity index (χ0v) is 14.5. The Bertz CT molecular complexity index is 1120. The summed E-state index contributed by atoms with van der Waals surface area (Å²) in [7, 11) is 0. The average Bonchev–Trinajstić information content (AvgIpc) is 2.97. The number of aromatic amines is 1. The molecule has 0 saturated heterocycles. The number of aromatic nitrogens is 2. The lowest BCUT2D eigenvalue weighted by molar-refractivity contribution is 0.102. The summed E-state index contributed by atoms with van der Waals surface area (Å²) >= 11 is 0. The number of carbonyl (C=O) groups excluding carboxylic acids is 1. The minimum absolute atomic E-state index is 0.192. The minimum Gasteiger partial charge on any atom is -0.353 e. The van der Waals surface area contributed by atoms with E-state index < -0.39 is 0 Å². The van der Waals surface area contributed by atoms with Gasteiger partial charge in [-0.1, -0.05) is 35.9 Å². The summed E-state index contributed by atoms with van der Waals surface area (Å²) in [5.74, 6) is -0.192. The van der Waals surface area contributed by atoms with E-state index in [-0.39, 0.29) is 5.91 Å². The van der Waals surface area contributed by atoms with Gasteiger partial charge in [-0.2, -0.15) is 0 Å². The Morgan fingerprint density at radius 2 is 1.80 bits per heavy atom. The van der Waals surface area contributed by atoms with E-state index in [1.807, 2.05) is 57.2 Å². The number of aryl methyl sites for hydroxylation is 3. The smallest absolute Gasteiger partial charge is 0.274 e. The molecule has 0 saturated carbocycles. The molecule has 2 aromatic heterocycles. The number of para-hydroxylation sites is 1. The Labute approximate surface area is 145 Å². The van der Waals surface area contributed by atoms with Gasteiger partial charge in [-0.15, -0.1) is 0 Å². The second kappa shape index (κ2) is 5.74. The lowest BCUT2D eigenvalue weighted by Crippen LogP contribution is -2.15. The zero-order chi connectivity index (χ0) is 17.6. The summed E-state index contributed by atoms with van der Waals surface area (Å²) in [5.41, 5.74) is 6.30. The number of pyridine rings is 1. The van der Waals surface area contributed by atoms with Gasteiger partial charge in [0.1, 0.15) is 5.69 Å². The van der Waals surface area contributed by atoms with Crippen LogP contribution in [0.3, 0.4) is 0 Å². The molecule has 4 rings (SSSR count). The molecule has 0 spiro atoms. The number of fused-ring (bicyclic) bond motifs is 3. The molecule has 4 nitrogen and oxygen atoms in total. The first-order valence-electron chi connectivity index (χ1n) is 8.29. The third-order valence-corrected chi connectivity index (χ3v) is 4.54. The summed E-state index contributed by atoms with van der Waals surface area (Å²) in [6, 6.07) is 15.9. The summed E-state index contributed by atoms with van der Waals surface area (Å²) in [6.45, 7) is 5.95. The zero-order valence-electron chi connectivity index (χ0n) is 14.5. The lowest BCUT2D eigenvalue weighted by atomic mass is 10.1. The predicted octanol–water partition coefficient (Wildman–Crippen LogP) is 4.89. The molecule has 1 amide bonds. The molecular formula is C21H19N3O. The summed E-state index contributed by atoms with van der Waals surface area (Å²) in [4.78, 5) is 20.6. The van der Waals surface area contributed by atoms with E-state index in [1.165, 1.54) is 5.56 Å². The van der Waals surface area contributed by atoms with Crippen LogP contribution in [0.2, 0.25) is 0 Å². The van der Waals surface area contributed by atoms with Gasteiger partial charge in [0, 0.05) is 22.0 Å². The SMILES string of the molecule is Cc1ccc(NC(=O)c2cc3c([nH]c4ccccc43)c(C)n2)c(C)c1. The number of benzene rings is 2. The van der Waals surface area contributed by atoms with Gasteiger partial charge in [-0.05, 0) is 44.5 Å². The van der Waals surface area contributed by atoms with Crippen molar-refractivity contribution < 1.29 is 4.79 Å². The van der Waals surface area contributed by atoms with E-state index in [0.29, 0.717) is 5.69 Å². The molecule has 0 aliphatic carbocycles. The molecule has 4 heteroatoms. The van der Waals surface area contributed by atoms with Gasteiger partial charge in [0.25, 0.3) is 5.91 Å². The van der Waals surface area contributed by atoms with E-state index in [2.05, 4.69) is 27.4 Å². The van der Waals surface area contributed by atoms with Crippen LogP contribution >= 0.6 is 0 Å². The second-order valence-corrected chi connectivity index (χ2v) is 6.46. The maximum atomic E-state index is 12.7. The third-order valence-electron chi connectivity index (χ3n) is 4.54. The van der Waals surface area contributed by atoms with Gasteiger partial charge >= 0.3 is 0 Å². The van der Waals surface area contributed by atoms with Crippen LogP contribution in [0.15, 0.2) is 48.5 Å². The number of hydrogen-bond acceptors (Lipinski definition) is 2. The average molecular weight is 329 g/mol. The number of amides is 1. The molecule has 2 N–H and O–H groups in total. The van der Waals surface area contributed by atoms with E-state index >= 15 is 0 Å². The van der Waals surface area contributed by atoms with Crippen LogP contribution in [0.5, 0.6) is 0 Å². The van der Waals surface area contributed by atoms with Crippen LogP contribution in [-0.2, 0) is 0 Å². The molecule has 0 aliphatic rings. The maximum absolute atomic E-state index is 12.7. The normalized spacial score (nSPS) is 11.2. The van der Waals surface area contributed by atoms with Gasteiger partial charge in [0.2, 0.25) is 0 Å².